The minimum atomic E-state index is 0.466. The highest BCUT2D eigenvalue weighted by Crippen LogP contribution is 2.26. The second-order valence-electron chi connectivity index (χ2n) is 6.12. The molecule has 1 atom stereocenters. The lowest BCUT2D eigenvalue weighted by Crippen LogP contribution is -2.31. The van der Waals surface area contributed by atoms with E-state index in [2.05, 4.69) is 34.4 Å². The number of hydrogen-bond donors (Lipinski definition) is 1. The smallest absolute Gasteiger partial charge is 0.127 e. The second-order valence-corrected chi connectivity index (χ2v) is 6.12. The van der Waals surface area contributed by atoms with Gasteiger partial charge in [0.1, 0.15) is 11.5 Å². The topological polar surface area (TPSA) is 39.1 Å². The zero-order valence-electron chi connectivity index (χ0n) is 13.6. The van der Waals surface area contributed by atoms with Crippen molar-refractivity contribution in [3.05, 3.63) is 66.9 Å². The Balaban J connectivity index is 1.47. The van der Waals surface area contributed by atoms with Crippen molar-refractivity contribution in [3.8, 4) is 22.8 Å². The van der Waals surface area contributed by atoms with E-state index < -0.39 is 0 Å². The SMILES string of the molecule is c1ccc(Oc2ccc(-c3ccn(C4CCCNC4)n3)cc2)cc1. The molecule has 2 aromatic carbocycles. The van der Waals surface area contributed by atoms with E-state index in [4.69, 9.17) is 9.84 Å². The van der Waals surface area contributed by atoms with Crippen molar-refractivity contribution in [3.63, 3.8) is 0 Å². The highest BCUT2D eigenvalue weighted by molar-refractivity contribution is 5.59. The van der Waals surface area contributed by atoms with E-state index in [1.54, 1.807) is 0 Å². The maximum absolute atomic E-state index is 5.84. The van der Waals surface area contributed by atoms with E-state index in [0.29, 0.717) is 6.04 Å². The Labute approximate surface area is 142 Å². The highest BCUT2D eigenvalue weighted by atomic mass is 16.5. The van der Waals surface area contributed by atoms with Gasteiger partial charge in [-0.1, -0.05) is 18.2 Å². The second kappa shape index (κ2) is 6.89. The Kier molecular flexibility index (Phi) is 4.30. The number of ether oxygens (including phenoxy) is 1. The molecule has 1 saturated heterocycles. The third-order valence-electron chi connectivity index (χ3n) is 4.38. The van der Waals surface area contributed by atoms with Gasteiger partial charge in [0.05, 0.1) is 11.7 Å². The fourth-order valence-electron chi connectivity index (χ4n) is 3.07. The van der Waals surface area contributed by atoms with Gasteiger partial charge in [0, 0.05) is 18.3 Å². The zero-order chi connectivity index (χ0) is 16.2. The minimum Gasteiger partial charge on any atom is -0.457 e. The fourth-order valence-corrected chi connectivity index (χ4v) is 3.07. The summed E-state index contributed by atoms with van der Waals surface area (Å²) in [6, 6.07) is 20.5. The van der Waals surface area contributed by atoms with Crippen LogP contribution in [0.15, 0.2) is 66.9 Å². The first-order chi connectivity index (χ1) is 11.9. The Morgan fingerprint density at radius 3 is 2.50 bits per heavy atom. The van der Waals surface area contributed by atoms with Crippen LogP contribution in [0.5, 0.6) is 11.5 Å². The molecule has 0 bridgehead atoms. The molecule has 1 aliphatic rings. The first kappa shape index (κ1) is 15.0. The third kappa shape index (κ3) is 3.34. The molecule has 0 radical (unpaired) electrons. The number of nitrogens with zero attached hydrogens (tertiary/aromatic N) is 2. The number of para-hydroxylation sites is 1. The monoisotopic (exact) mass is 319 g/mol. The summed E-state index contributed by atoms with van der Waals surface area (Å²) in [6.07, 6.45) is 4.49. The molecule has 1 aromatic heterocycles. The molecular weight excluding hydrogens is 298 g/mol. The first-order valence-electron chi connectivity index (χ1n) is 8.48. The van der Waals surface area contributed by atoms with Crippen molar-refractivity contribution in [2.45, 2.75) is 18.9 Å². The normalized spacial score (nSPS) is 17.6. The van der Waals surface area contributed by atoms with Gasteiger partial charge in [-0.2, -0.15) is 5.10 Å². The van der Waals surface area contributed by atoms with Gasteiger partial charge in [0.25, 0.3) is 0 Å². The summed E-state index contributed by atoms with van der Waals surface area (Å²) in [5, 5.41) is 8.19. The maximum Gasteiger partial charge on any atom is 0.127 e. The van der Waals surface area contributed by atoms with Crippen molar-refractivity contribution >= 4 is 0 Å². The van der Waals surface area contributed by atoms with E-state index in [1.807, 2.05) is 42.5 Å². The molecule has 1 fully saturated rings. The molecular formula is C20H21N3O. The summed E-state index contributed by atoms with van der Waals surface area (Å²) < 4.78 is 7.93. The van der Waals surface area contributed by atoms with Gasteiger partial charge >= 0.3 is 0 Å². The Hall–Kier alpha value is -2.59. The van der Waals surface area contributed by atoms with Gasteiger partial charge in [-0.25, -0.2) is 0 Å². The van der Waals surface area contributed by atoms with Gasteiger partial charge in [-0.15, -0.1) is 0 Å². The summed E-state index contributed by atoms with van der Waals surface area (Å²) in [7, 11) is 0. The van der Waals surface area contributed by atoms with Gasteiger partial charge in [0.2, 0.25) is 0 Å². The van der Waals surface area contributed by atoms with Crippen molar-refractivity contribution in [2.24, 2.45) is 0 Å². The first-order valence-corrected chi connectivity index (χ1v) is 8.48. The van der Waals surface area contributed by atoms with E-state index >= 15 is 0 Å². The van der Waals surface area contributed by atoms with Crippen LogP contribution in [0.2, 0.25) is 0 Å². The predicted molar refractivity (Wildman–Crippen MR) is 95.3 cm³/mol. The van der Waals surface area contributed by atoms with Crippen LogP contribution in [-0.2, 0) is 0 Å². The maximum atomic E-state index is 5.84. The Morgan fingerprint density at radius 1 is 0.958 bits per heavy atom. The van der Waals surface area contributed by atoms with Crippen molar-refractivity contribution in [1.29, 1.82) is 0 Å². The largest absolute Gasteiger partial charge is 0.457 e. The zero-order valence-corrected chi connectivity index (χ0v) is 13.6. The average Bonchev–Trinajstić information content (AvgIpc) is 3.14. The molecule has 0 saturated carbocycles. The third-order valence-corrected chi connectivity index (χ3v) is 4.38. The molecule has 4 nitrogen and oxygen atoms in total. The molecule has 1 aliphatic heterocycles. The number of nitrogens with one attached hydrogen (secondary N) is 1. The number of rotatable bonds is 4. The van der Waals surface area contributed by atoms with Gasteiger partial charge in [0.15, 0.2) is 0 Å². The molecule has 122 valence electrons. The van der Waals surface area contributed by atoms with Crippen molar-refractivity contribution in [2.75, 3.05) is 13.1 Å². The van der Waals surface area contributed by atoms with Gasteiger partial charge in [-0.05, 0) is 61.9 Å². The molecule has 24 heavy (non-hydrogen) atoms. The molecule has 0 aliphatic carbocycles. The van der Waals surface area contributed by atoms with Crippen LogP contribution in [0.4, 0.5) is 0 Å². The lowest BCUT2D eigenvalue weighted by Gasteiger charge is -2.22. The van der Waals surface area contributed by atoms with E-state index in [1.165, 1.54) is 12.8 Å². The van der Waals surface area contributed by atoms with Crippen molar-refractivity contribution < 1.29 is 4.74 Å². The number of piperidine rings is 1. The van der Waals surface area contributed by atoms with Crippen LogP contribution >= 0.6 is 0 Å². The van der Waals surface area contributed by atoms with Gasteiger partial charge < -0.3 is 10.1 Å². The summed E-state index contributed by atoms with van der Waals surface area (Å²) in [4.78, 5) is 0. The summed E-state index contributed by atoms with van der Waals surface area (Å²) >= 11 is 0. The Bertz CT molecular complexity index is 774. The minimum absolute atomic E-state index is 0.466. The molecule has 4 rings (SSSR count). The summed E-state index contributed by atoms with van der Waals surface area (Å²) in [5.41, 5.74) is 2.12. The average molecular weight is 319 g/mol. The lowest BCUT2D eigenvalue weighted by atomic mass is 10.1. The molecule has 4 heteroatoms. The van der Waals surface area contributed by atoms with E-state index in [0.717, 1.165) is 35.8 Å². The summed E-state index contributed by atoms with van der Waals surface area (Å²) in [5.74, 6) is 1.68. The highest BCUT2D eigenvalue weighted by Gasteiger charge is 2.15. The number of hydrogen-bond acceptors (Lipinski definition) is 3. The van der Waals surface area contributed by atoms with Crippen LogP contribution in [0.25, 0.3) is 11.3 Å². The molecule has 1 unspecified atom stereocenters. The Morgan fingerprint density at radius 2 is 1.75 bits per heavy atom. The molecule has 3 aromatic rings. The van der Waals surface area contributed by atoms with Crippen molar-refractivity contribution in [1.82, 2.24) is 15.1 Å². The molecule has 1 N–H and O–H groups in total. The fraction of sp³-hybridized carbons (Fsp3) is 0.250. The van der Waals surface area contributed by atoms with Crippen LogP contribution in [0.3, 0.4) is 0 Å². The van der Waals surface area contributed by atoms with Crippen LogP contribution in [0.1, 0.15) is 18.9 Å². The summed E-state index contributed by atoms with van der Waals surface area (Å²) in [6.45, 7) is 2.12. The molecule has 0 spiro atoms. The molecule has 2 heterocycles. The number of aromatic nitrogens is 2. The van der Waals surface area contributed by atoms with Crippen LogP contribution < -0.4 is 10.1 Å². The van der Waals surface area contributed by atoms with E-state index in [9.17, 15) is 0 Å². The number of benzene rings is 2. The molecule has 0 amide bonds. The van der Waals surface area contributed by atoms with Crippen LogP contribution in [0, 0.1) is 0 Å². The van der Waals surface area contributed by atoms with E-state index in [-0.39, 0.29) is 0 Å². The van der Waals surface area contributed by atoms with Crippen LogP contribution in [-0.4, -0.2) is 22.9 Å². The standard InChI is InChI=1S/C20H21N3O/c1-2-6-18(7-3-1)24-19-10-8-16(9-11-19)20-12-14-23(22-20)17-5-4-13-21-15-17/h1-3,6-12,14,17,21H,4-5,13,15H2. The lowest BCUT2D eigenvalue weighted by molar-refractivity contribution is 0.347. The quantitative estimate of drug-likeness (QED) is 0.780. The van der Waals surface area contributed by atoms with Gasteiger partial charge in [-0.3, -0.25) is 4.68 Å². The predicted octanol–water partition coefficient (Wildman–Crippen LogP) is 4.27.